The maximum atomic E-state index is 12.2. The van der Waals surface area contributed by atoms with Gasteiger partial charge < -0.3 is 16.8 Å². The zero-order valence-corrected chi connectivity index (χ0v) is 17.3. The van der Waals surface area contributed by atoms with Gasteiger partial charge in [-0.1, -0.05) is 20.8 Å². The van der Waals surface area contributed by atoms with Crippen molar-refractivity contribution in [1.29, 1.82) is 0 Å². The largest absolute Gasteiger partial charge is 0.379 e. The maximum Gasteiger partial charge on any atom is 0.252 e. The Kier molecular flexibility index (Phi) is 4.52. The van der Waals surface area contributed by atoms with E-state index in [1.54, 1.807) is 16.9 Å². The van der Waals surface area contributed by atoms with Gasteiger partial charge in [0.25, 0.3) is 5.91 Å². The summed E-state index contributed by atoms with van der Waals surface area (Å²) in [5, 5.41) is 7.88. The number of pyridine rings is 1. The highest BCUT2D eigenvalue weighted by atomic mass is 16.1. The first-order valence-corrected chi connectivity index (χ1v) is 9.93. The number of nitrogens with two attached hydrogens (primary N) is 2. The van der Waals surface area contributed by atoms with Crippen LogP contribution in [-0.2, 0) is 4.79 Å². The minimum absolute atomic E-state index is 0.0708. The lowest BCUT2D eigenvalue weighted by Crippen LogP contribution is -2.48. The highest BCUT2D eigenvalue weighted by molar-refractivity contribution is 6.02. The zero-order valence-electron chi connectivity index (χ0n) is 17.3. The number of hydrogen-bond donors (Lipinski definition) is 3. The summed E-state index contributed by atoms with van der Waals surface area (Å²) < 4.78 is 1.72. The molecule has 2 atom stereocenters. The number of nitrogens with one attached hydrogen (secondary N) is 1. The summed E-state index contributed by atoms with van der Waals surface area (Å²) in [5.41, 5.74) is 13.9. The molecule has 0 unspecified atom stereocenters. The normalized spacial score (nSPS) is 22.8. The van der Waals surface area contributed by atoms with E-state index in [4.69, 9.17) is 11.5 Å². The lowest BCUT2D eigenvalue weighted by molar-refractivity contribution is -0.131. The van der Waals surface area contributed by atoms with Crippen LogP contribution in [0.4, 0.5) is 5.69 Å². The van der Waals surface area contributed by atoms with Crippen molar-refractivity contribution in [2.75, 3.05) is 5.32 Å². The van der Waals surface area contributed by atoms with E-state index < -0.39 is 16.7 Å². The first-order valence-electron chi connectivity index (χ1n) is 9.93. The monoisotopic (exact) mass is 406 g/mol. The Morgan fingerprint density at radius 3 is 2.47 bits per heavy atom. The van der Waals surface area contributed by atoms with Crippen LogP contribution in [0.1, 0.15) is 44.0 Å². The topological polar surface area (TPSA) is 128 Å². The molecule has 30 heavy (non-hydrogen) atoms. The minimum Gasteiger partial charge on any atom is -0.379 e. The molecule has 8 nitrogen and oxygen atoms in total. The molecule has 0 aliphatic heterocycles. The molecule has 2 amide bonds. The van der Waals surface area contributed by atoms with E-state index in [1.165, 1.54) is 6.20 Å². The van der Waals surface area contributed by atoms with Crippen LogP contribution < -0.4 is 16.8 Å². The molecule has 4 rings (SSSR count). The van der Waals surface area contributed by atoms with Gasteiger partial charge in [0, 0.05) is 30.2 Å². The number of rotatable bonds is 5. The van der Waals surface area contributed by atoms with Crippen molar-refractivity contribution >= 4 is 23.0 Å². The fourth-order valence-corrected chi connectivity index (χ4v) is 4.47. The molecule has 0 bridgehead atoms. The number of nitrogens with zero attached hydrogens (tertiary/aromatic N) is 3. The molecule has 1 aliphatic carbocycles. The first kappa shape index (κ1) is 19.9. The lowest BCUT2D eigenvalue weighted by Gasteiger charge is -2.40. The van der Waals surface area contributed by atoms with E-state index in [0.717, 1.165) is 23.1 Å². The quantitative estimate of drug-likeness (QED) is 0.600. The highest BCUT2D eigenvalue weighted by Gasteiger charge is 2.55. The average Bonchev–Trinajstić information content (AvgIpc) is 3.24. The van der Waals surface area contributed by atoms with Crippen LogP contribution in [0.15, 0.2) is 43.0 Å². The van der Waals surface area contributed by atoms with E-state index >= 15 is 0 Å². The van der Waals surface area contributed by atoms with Gasteiger partial charge in [0.1, 0.15) is 0 Å². The number of amides is 2. The third-order valence-corrected chi connectivity index (χ3v) is 7.00. The molecule has 0 aromatic carbocycles. The van der Waals surface area contributed by atoms with Gasteiger partial charge in [-0.25, -0.2) is 4.52 Å². The molecule has 1 aliphatic rings. The van der Waals surface area contributed by atoms with Gasteiger partial charge in [0.2, 0.25) is 5.91 Å². The number of aromatic nitrogens is 3. The second-order valence-corrected chi connectivity index (χ2v) is 8.75. The molecule has 3 aromatic rings. The van der Waals surface area contributed by atoms with E-state index in [-0.39, 0.29) is 11.9 Å². The average molecular weight is 406 g/mol. The predicted octanol–water partition coefficient (Wildman–Crippen LogP) is 2.59. The highest BCUT2D eigenvalue weighted by Crippen LogP contribution is 2.53. The van der Waals surface area contributed by atoms with Gasteiger partial charge in [0.05, 0.1) is 28.4 Å². The molecule has 156 valence electrons. The second kappa shape index (κ2) is 6.83. The third-order valence-electron chi connectivity index (χ3n) is 7.00. The molecule has 3 heterocycles. The van der Waals surface area contributed by atoms with Crippen molar-refractivity contribution in [3.8, 4) is 11.1 Å². The van der Waals surface area contributed by atoms with Crippen molar-refractivity contribution < 1.29 is 9.59 Å². The summed E-state index contributed by atoms with van der Waals surface area (Å²) in [6.45, 7) is 5.98. The van der Waals surface area contributed by atoms with Crippen LogP contribution in [-0.4, -0.2) is 32.5 Å². The Morgan fingerprint density at radius 2 is 1.87 bits per heavy atom. The Hall–Kier alpha value is -3.42. The van der Waals surface area contributed by atoms with Gasteiger partial charge in [0.15, 0.2) is 0 Å². The van der Waals surface area contributed by atoms with Crippen LogP contribution in [0.3, 0.4) is 0 Å². The third kappa shape index (κ3) is 2.91. The first-order chi connectivity index (χ1) is 14.1. The van der Waals surface area contributed by atoms with E-state index in [9.17, 15) is 9.59 Å². The molecular weight excluding hydrogens is 380 g/mol. The molecule has 0 radical (unpaired) electrons. The van der Waals surface area contributed by atoms with E-state index in [0.29, 0.717) is 17.7 Å². The molecule has 0 saturated heterocycles. The maximum absolute atomic E-state index is 12.2. The Bertz CT molecular complexity index is 1140. The number of carbonyl (C=O) groups is 2. The van der Waals surface area contributed by atoms with Crippen LogP contribution in [0, 0.1) is 10.8 Å². The minimum atomic E-state index is -0.648. The molecule has 1 fully saturated rings. The van der Waals surface area contributed by atoms with Crippen LogP contribution in [0.5, 0.6) is 0 Å². The number of hydrogen-bond acceptors (Lipinski definition) is 5. The fraction of sp³-hybridized carbons (Fsp3) is 0.364. The van der Waals surface area contributed by atoms with Gasteiger partial charge in [-0.05, 0) is 42.0 Å². The van der Waals surface area contributed by atoms with Crippen LogP contribution >= 0.6 is 0 Å². The molecule has 0 spiro atoms. The number of carbonyl (C=O) groups excluding carboxylic acids is 2. The predicted molar refractivity (Wildman–Crippen MR) is 115 cm³/mol. The van der Waals surface area contributed by atoms with Gasteiger partial charge >= 0.3 is 0 Å². The van der Waals surface area contributed by atoms with Crippen LogP contribution in [0.2, 0.25) is 0 Å². The summed E-state index contributed by atoms with van der Waals surface area (Å²) in [7, 11) is 0. The lowest BCUT2D eigenvalue weighted by atomic mass is 9.67. The summed E-state index contributed by atoms with van der Waals surface area (Å²) in [4.78, 5) is 28.4. The Labute approximate surface area is 174 Å². The Morgan fingerprint density at radius 1 is 1.17 bits per heavy atom. The summed E-state index contributed by atoms with van der Waals surface area (Å²) >= 11 is 0. The number of fused-ring (bicyclic) bond motifs is 1. The Balaban J connectivity index is 1.81. The molecule has 1 saturated carbocycles. The van der Waals surface area contributed by atoms with Crippen molar-refractivity contribution in [3.63, 3.8) is 0 Å². The van der Waals surface area contributed by atoms with E-state index in [1.807, 2.05) is 45.2 Å². The molecule has 8 heteroatoms. The summed E-state index contributed by atoms with van der Waals surface area (Å²) in [5.74, 6) is -0.873. The smallest absolute Gasteiger partial charge is 0.252 e. The SMILES string of the molecule is CC1(C)[C@@H](Nc2c(C(N)=O)cnn3cc(-c4ccncc4)cc23)CC[C@]1(C)C(N)=O. The van der Waals surface area contributed by atoms with Crippen molar-refractivity contribution in [3.05, 3.63) is 48.5 Å². The van der Waals surface area contributed by atoms with Gasteiger partial charge in [-0.2, -0.15) is 5.10 Å². The standard InChI is InChI=1S/C22H26N6O2/c1-21(2)17(4-7-22(21,3)20(24)30)27-18-15(19(23)29)11-26-28-12-14(10-16(18)28)13-5-8-25-9-6-13/h5-6,8-12,17,27H,4,7H2,1-3H3,(H2,23,29)(H2,24,30)/t17-,22+/m0/s1. The summed E-state index contributed by atoms with van der Waals surface area (Å²) in [6, 6.07) is 5.72. The number of primary amides is 2. The zero-order chi connectivity index (χ0) is 21.7. The fourth-order valence-electron chi connectivity index (χ4n) is 4.47. The molecular formula is C22H26N6O2. The molecule has 5 N–H and O–H groups in total. The van der Waals surface area contributed by atoms with Gasteiger partial charge in [-0.15, -0.1) is 0 Å². The van der Waals surface area contributed by atoms with Gasteiger partial charge in [-0.3, -0.25) is 14.6 Å². The summed E-state index contributed by atoms with van der Waals surface area (Å²) in [6.07, 6.45) is 8.24. The van der Waals surface area contributed by atoms with Crippen molar-refractivity contribution in [2.45, 2.75) is 39.7 Å². The second-order valence-electron chi connectivity index (χ2n) is 8.75. The number of anilines is 1. The van der Waals surface area contributed by atoms with Crippen molar-refractivity contribution in [1.82, 2.24) is 14.6 Å². The van der Waals surface area contributed by atoms with E-state index in [2.05, 4.69) is 15.4 Å². The van der Waals surface area contributed by atoms with Crippen LogP contribution in [0.25, 0.3) is 16.6 Å². The van der Waals surface area contributed by atoms with Crippen molar-refractivity contribution in [2.24, 2.45) is 22.3 Å². The molecule has 3 aromatic heterocycles.